The average molecular weight is 268 g/mol. The monoisotopic (exact) mass is 268 g/mol. The Kier molecular flexibility index (Phi) is 4.42. The summed E-state index contributed by atoms with van der Waals surface area (Å²) in [6.07, 6.45) is 6.82. The highest BCUT2D eigenvalue weighted by atomic mass is 16.5. The number of methoxy groups -OCH3 is 1. The molecule has 0 aromatic rings. The predicted octanol–water partition coefficient (Wildman–Crippen LogP) is 1.26. The van der Waals surface area contributed by atoms with E-state index in [-0.39, 0.29) is 0 Å². The maximum absolute atomic E-state index is 5.58. The van der Waals surface area contributed by atoms with Crippen LogP contribution in [0, 0.1) is 5.41 Å². The Labute approximate surface area is 116 Å². The van der Waals surface area contributed by atoms with Gasteiger partial charge in [0.15, 0.2) is 0 Å². The summed E-state index contributed by atoms with van der Waals surface area (Å²) in [5, 5.41) is 3.75. The molecule has 1 saturated carbocycles. The molecular weight excluding hydrogens is 240 g/mol. The second-order valence-electron chi connectivity index (χ2n) is 6.65. The molecule has 19 heavy (non-hydrogen) atoms. The maximum atomic E-state index is 5.58. The van der Waals surface area contributed by atoms with E-state index in [2.05, 4.69) is 10.2 Å². The van der Waals surface area contributed by atoms with Gasteiger partial charge < -0.3 is 19.7 Å². The van der Waals surface area contributed by atoms with Crippen molar-refractivity contribution in [1.82, 2.24) is 10.2 Å². The van der Waals surface area contributed by atoms with Crippen LogP contribution in [-0.2, 0) is 9.47 Å². The van der Waals surface area contributed by atoms with Crippen LogP contribution in [0.1, 0.15) is 32.1 Å². The number of ether oxygens (including phenoxy) is 2. The molecule has 2 heterocycles. The van der Waals surface area contributed by atoms with Crippen molar-refractivity contribution in [1.29, 1.82) is 0 Å². The van der Waals surface area contributed by atoms with Gasteiger partial charge in [0, 0.05) is 52.5 Å². The summed E-state index contributed by atoms with van der Waals surface area (Å²) in [5.41, 5.74) is 0.434. The lowest BCUT2D eigenvalue weighted by molar-refractivity contribution is -0.00354. The zero-order valence-corrected chi connectivity index (χ0v) is 12.2. The van der Waals surface area contributed by atoms with E-state index in [4.69, 9.17) is 9.47 Å². The van der Waals surface area contributed by atoms with Crippen LogP contribution < -0.4 is 5.32 Å². The molecule has 2 aliphatic heterocycles. The molecule has 4 nitrogen and oxygen atoms in total. The first-order chi connectivity index (χ1) is 9.30. The van der Waals surface area contributed by atoms with Gasteiger partial charge in [-0.1, -0.05) is 0 Å². The largest absolute Gasteiger partial charge is 0.381 e. The quantitative estimate of drug-likeness (QED) is 0.786. The van der Waals surface area contributed by atoms with Crippen LogP contribution in [0.15, 0.2) is 0 Å². The van der Waals surface area contributed by atoms with Crippen molar-refractivity contribution in [3.63, 3.8) is 0 Å². The molecule has 1 N–H and O–H groups in total. The van der Waals surface area contributed by atoms with E-state index < -0.39 is 0 Å². The van der Waals surface area contributed by atoms with Crippen LogP contribution in [0.25, 0.3) is 0 Å². The molecule has 0 amide bonds. The molecule has 0 spiro atoms. The summed E-state index contributed by atoms with van der Waals surface area (Å²) in [5.74, 6) is 0. The van der Waals surface area contributed by atoms with E-state index in [9.17, 15) is 0 Å². The topological polar surface area (TPSA) is 33.7 Å². The van der Waals surface area contributed by atoms with E-state index in [0.717, 1.165) is 25.8 Å². The fraction of sp³-hybridized carbons (Fsp3) is 1.00. The van der Waals surface area contributed by atoms with Crippen LogP contribution in [0.4, 0.5) is 0 Å². The first-order valence-corrected chi connectivity index (χ1v) is 7.86. The number of nitrogens with one attached hydrogen (secondary N) is 1. The van der Waals surface area contributed by atoms with Crippen molar-refractivity contribution in [3.05, 3.63) is 0 Å². The third-order valence-corrected chi connectivity index (χ3v) is 5.02. The van der Waals surface area contributed by atoms with E-state index in [1.165, 1.54) is 51.7 Å². The van der Waals surface area contributed by atoms with Crippen LogP contribution >= 0.6 is 0 Å². The van der Waals surface area contributed by atoms with Crippen LogP contribution in [0.3, 0.4) is 0 Å². The molecule has 0 aromatic heterocycles. The van der Waals surface area contributed by atoms with Crippen molar-refractivity contribution in [2.24, 2.45) is 5.41 Å². The molecule has 4 heteroatoms. The summed E-state index contributed by atoms with van der Waals surface area (Å²) in [6, 6.07) is 0.810. The van der Waals surface area contributed by atoms with Gasteiger partial charge in [-0.25, -0.2) is 0 Å². The summed E-state index contributed by atoms with van der Waals surface area (Å²) in [7, 11) is 1.84. The van der Waals surface area contributed by atoms with Crippen molar-refractivity contribution in [2.45, 2.75) is 44.2 Å². The second kappa shape index (κ2) is 6.08. The minimum atomic E-state index is 0.434. The number of nitrogens with zero attached hydrogens (tertiary/aromatic N) is 1. The minimum absolute atomic E-state index is 0.434. The third-order valence-electron chi connectivity index (χ3n) is 5.02. The van der Waals surface area contributed by atoms with Gasteiger partial charge in [-0.15, -0.1) is 0 Å². The van der Waals surface area contributed by atoms with Crippen molar-refractivity contribution in [2.75, 3.05) is 46.5 Å². The Morgan fingerprint density at radius 2 is 2.05 bits per heavy atom. The Morgan fingerprint density at radius 1 is 1.26 bits per heavy atom. The molecule has 0 radical (unpaired) electrons. The van der Waals surface area contributed by atoms with Gasteiger partial charge in [0.05, 0.1) is 6.10 Å². The molecule has 2 saturated heterocycles. The first kappa shape index (κ1) is 13.8. The molecule has 0 aromatic carbocycles. The molecule has 1 aliphatic carbocycles. The molecule has 1 atom stereocenters. The normalized spacial score (nSPS) is 31.7. The lowest BCUT2D eigenvalue weighted by Crippen LogP contribution is -2.47. The van der Waals surface area contributed by atoms with Crippen LogP contribution in [0.2, 0.25) is 0 Å². The Morgan fingerprint density at radius 3 is 2.68 bits per heavy atom. The Balaban J connectivity index is 1.54. The zero-order chi connectivity index (χ0) is 13.1. The zero-order valence-electron chi connectivity index (χ0n) is 12.2. The minimum Gasteiger partial charge on any atom is -0.381 e. The van der Waals surface area contributed by atoms with Gasteiger partial charge in [0.25, 0.3) is 0 Å². The van der Waals surface area contributed by atoms with Gasteiger partial charge in [-0.2, -0.15) is 0 Å². The Hall–Kier alpha value is -0.160. The van der Waals surface area contributed by atoms with E-state index >= 15 is 0 Å². The molecule has 0 bridgehead atoms. The van der Waals surface area contributed by atoms with Gasteiger partial charge in [0.1, 0.15) is 0 Å². The molecule has 3 fully saturated rings. The highest BCUT2D eigenvalue weighted by Crippen LogP contribution is 2.33. The highest BCUT2D eigenvalue weighted by Gasteiger charge is 2.37. The first-order valence-electron chi connectivity index (χ1n) is 7.86. The van der Waals surface area contributed by atoms with Crippen LogP contribution in [0.5, 0.6) is 0 Å². The van der Waals surface area contributed by atoms with E-state index in [0.29, 0.717) is 11.5 Å². The summed E-state index contributed by atoms with van der Waals surface area (Å²) >= 11 is 0. The highest BCUT2D eigenvalue weighted by molar-refractivity contribution is 4.92. The SMILES string of the molecule is COC1CCN(CC2(CNC3CC3)CCOCC2)C1. The standard InChI is InChI=1S/C15H28N2O2/c1-18-14-4-7-17(10-14)12-15(5-8-19-9-6-15)11-16-13-2-3-13/h13-14,16H,2-12H2,1H3. The average Bonchev–Trinajstić information content (AvgIpc) is 3.17. The van der Waals surface area contributed by atoms with E-state index in [1.807, 2.05) is 7.11 Å². The van der Waals surface area contributed by atoms with Crippen molar-refractivity contribution in [3.8, 4) is 0 Å². The fourth-order valence-corrected chi connectivity index (χ4v) is 3.45. The fourth-order valence-electron chi connectivity index (χ4n) is 3.45. The van der Waals surface area contributed by atoms with Gasteiger partial charge in [-0.3, -0.25) is 0 Å². The Bertz CT molecular complexity index is 288. The number of hydrogen-bond acceptors (Lipinski definition) is 4. The van der Waals surface area contributed by atoms with Gasteiger partial charge >= 0.3 is 0 Å². The molecule has 3 aliphatic rings. The molecule has 3 rings (SSSR count). The lowest BCUT2D eigenvalue weighted by Gasteiger charge is -2.40. The second-order valence-corrected chi connectivity index (χ2v) is 6.65. The van der Waals surface area contributed by atoms with E-state index in [1.54, 1.807) is 0 Å². The summed E-state index contributed by atoms with van der Waals surface area (Å²) in [6.45, 7) is 6.58. The van der Waals surface area contributed by atoms with Crippen molar-refractivity contribution < 1.29 is 9.47 Å². The predicted molar refractivity (Wildman–Crippen MR) is 75.4 cm³/mol. The third kappa shape index (κ3) is 3.69. The smallest absolute Gasteiger partial charge is 0.0710 e. The van der Waals surface area contributed by atoms with Gasteiger partial charge in [-0.05, 0) is 37.5 Å². The number of hydrogen-bond donors (Lipinski definition) is 1. The summed E-state index contributed by atoms with van der Waals surface area (Å²) in [4.78, 5) is 2.61. The molecule has 110 valence electrons. The van der Waals surface area contributed by atoms with Crippen molar-refractivity contribution >= 4 is 0 Å². The molecule has 1 unspecified atom stereocenters. The van der Waals surface area contributed by atoms with Crippen LogP contribution in [-0.4, -0.2) is 63.5 Å². The lowest BCUT2D eigenvalue weighted by atomic mass is 9.79. The maximum Gasteiger partial charge on any atom is 0.0710 e. The van der Waals surface area contributed by atoms with Gasteiger partial charge in [0.2, 0.25) is 0 Å². The summed E-state index contributed by atoms with van der Waals surface area (Å²) < 4.78 is 11.1. The number of rotatable bonds is 6. The number of likely N-dealkylation sites (tertiary alicyclic amines) is 1. The molecular formula is C15H28N2O2.